The molecule has 0 saturated carbocycles. The lowest BCUT2D eigenvalue weighted by Crippen LogP contribution is -2.51. The average molecular weight is 301 g/mol. The van der Waals surface area contributed by atoms with Crippen LogP contribution in [0, 0.1) is 0 Å². The number of piperazine rings is 1. The summed E-state index contributed by atoms with van der Waals surface area (Å²) in [6, 6.07) is 7.96. The lowest BCUT2D eigenvalue weighted by atomic mass is 10.3. The fraction of sp³-hybridized carbons (Fsp3) is 0.400. The average Bonchev–Trinajstić information content (AvgIpc) is 2.55. The van der Waals surface area contributed by atoms with Gasteiger partial charge in [-0.3, -0.25) is 4.98 Å². The number of nitrogens with one attached hydrogen (secondary N) is 1. The quantitative estimate of drug-likeness (QED) is 0.851. The Morgan fingerprint density at radius 1 is 1.19 bits per heavy atom. The molecule has 1 saturated heterocycles. The van der Waals surface area contributed by atoms with E-state index in [2.05, 4.69) is 27.0 Å². The molecule has 0 aliphatic carbocycles. The fourth-order valence-corrected chi connectivity index (χ4v) is 2.83. The Balaban J connectivity index is 1.69. The highest BCUT2D eigenvalue weighted by molar-refractivity contribution is 7.80. The molecule has 110 valence electrons. The molecule has 3 rings (SSSR count). The zero-order valence-electron chi connectivity index (χ0n) is 12.1. The van der Waals surface area contributed by atoms with Gasteiger partial charge in [0, 0.05) is 32.7 Å². The molecule has 1 aromatic heterocycles. The van der Waals surface area contributed by atoms with Gasteiger partial charge < -0.3 is 15.1 Å². The molecule has 21 heavy (non-hydrogen) atoms. The van der Waals surface area contributed by atoms with Crippen molar-refractivity contribution in [3.05, 3.63) is 30.5 Å². The molecule has 1 N–H and O–H groups in total. The second-order valence-electron chi connectivity index (χ2n) is 5.03. The highest BCUT2D eigenvalue weighted by Crippen LogP contribution is 2.16. The number of aromatic nitrogens is 2. The molecule has 1 aromatic carbocycles. The third-order valence-electron chi connectivity index (χ3n) is 3.65. The third kappa shape index (κ3) is 3.05. The van der Waals surface area contributed by atoms with E-state index in [1.807, 2.05) is 30.5 Å². The minimum atomic E-state index is 0.849. The zero-order chi connectivity index (χ0) is 14.7. The summed E-state index contributed by atoms with van der Waals surface area (Å²) in [5, 5.41) is 4.05. The van der Waals surface area contributed by atoms with Crippen LogP contribution in [0.3, 0.4) is 0 Å². The van der Waals surface area contributed by atoms with Crippen molar-refractivity contribution in [2.75, 3.05) is 37.6 Å². The summed E-state index contributed by atoms with van der Waals surface area (Å²) in [7, 11) is 0. The van der Waals surface area contributed by atoms with Crippen molar-refractivity contribution in [3.63, 3.8) is 0 Å². The lowest BCUT2D eigenvalue weighted by molar-refractivity contribution is 0.380. The van der Waals surface area contributed by atoms with Crippen molar-refractivity contribution < 1.29 is 0 Å². The van der Waals surface area contributed by atoms with Gasteiger partial charge in [0.2, 0.25) is 0 Å². The predicted molar refractivity (Wildman–Crippen MR) is 89.6 cm³/mol. The first-order valence-corrected chi connectivity index (χ1v) is 7.68. The summed E-state index contributed by atoms with van der Waals surface area (Å²) in [6.07, 6.45) is 1.86. The monoisotopic (exact) mass is 301 g/mol. The molecular weight excluding hydrogens is 282 g/mol. The third-order valence-corrected chi connectivity index (χ3v) is 4.06. The summed E-state index contributed by atoms with van der Waals surface area (Å²) in [6.45, 7) is 6.60. The molecule has 6 heteroatoms. The Morgan fingerprint density at radius 3 is 2.62 bits per heavy atom. The highest BCUT2D eigenvalue weighted by Gasteiger charge is 2.19. The first-order chi connectivity index (χ1) is 10.3. The first kappa shape index (κ1) is 14.0. The number of hydrogen-bond acceptors (Lipinski definition) is 4. The molecule has 0 amide bonds. The van der Waals surface area contributed by atoms with Gasteiger partial charge in [0.15, 0.2) is 5.11 Å². The Bertz CT molecular complexity index is 637. The number of hydrogen-bond donors (Lipinski definition) is 1. The maximum Gasteiger partial charge on any atom is 0.169 e. The van der Waals surface area contributed by atoms with Crippen molar-refractivity contribution in [2.45, 2.75) is 6.92 Å². The second kappa shape index (κ2) is 6.22. The smallest absolute Gasteiger partial charge is 0.169 e. The number of para-hydroxylation sites is 2. The van der Waals surface area contributed by atoms with E-state index >= 15 is 0 Å². The molecule has 5 nitrogen and oxygen atoms in total. The zero-order valence-corrected chi connectivity index (χ0v) is 12.9. The van der Waals surface area contributed by atoms with Crippen molar-refractivity contribution in [3.8, 4) is 0 Å². The maximum absolute atomic E-state index is 5.36. The minimum absolute atomic E-state index is 0.849. The van der Waals surface area contributed by atoms with Crippen LogP contribution >= 0.6 is 12.2 Å². The first-order valence-electron chi connectivity index (χ1n) is 7.27. The van der Waals surface area contributed by atoms with E-state index < -0.39 is 0 Å². The van der Waals surface area contributed by atoms with E-state index in [0.29, 0.717) is 0 Å². The Kier molecular flexibility index (Phi) is 4.15. The number of anilines is 1. The van der Waals surface area contributed by atoms with Gasteiger partial charge in [0.1, 0.15) is 5.82 Å². The van der Waals surface area contributed by atoms with Crippen LogP contribution in [0.2, 0.25) is 0 Å². The van der Waals surface area contributed by atoms with Gasteiger partial charge in [0.05, 0.1) is 17.2 Å². The molecule has 0 spiro atoms. The van der Waals surface area contributed by atoms with E-state index in [4.69, 9.17) is 17.2 Å². The summed E-state index contributed by atoms with van der Waals surface area (Å²) >= 11 is 5.36. The van der Waals surface area contributed by atoms with Crippen LogP contribution in [-0.2, 0) is 0 Å². The molecule has 2 heterocycles. The van der Waals surface area contributed by atoms with E-state index in [1.54, 1.807) is 0 Å². The highest BCUT2D eigenvalue weighted by atomic mass is 32.1. The van der Waals surface area contributed by atoms with Gasteiger partial charge in [-0.2, -0.15) is 0 Å². The van der Waals surface area contributed by atoms with Crippen LogP contribution in [0.4, 0.5) is 5.82 Å². The van der Waals surface area contributed by atoms with Crippen LogP contribution in [0.25, 0.3) is 11.0 Å². The van der Waals surface area contributed by atoms with Crippen molar-refractivity contribution in [1.29, 1.82) is 0 Å². The van der Waals surface area contributed by atoms with Gasteiger partial charge in [-0.05, 0) is 31.3 Å². The number of benzene rings is 1. The van der Waals surface area contributed by atoms with Crippen LogP contribution in [-0.4, -0.2) is 52.7 Å². The number of rotatable bonds is 2. The molecule has 2 aromatic rings. The minimum Gasteiger partial charge on any atom is -0.363 e. The molecule has 0 atom stereocenters. The maximum atomic E-state index is 5.36. The normalized spacial score (nSPS) is 15.3. The van der Waals surface area contributed by atoms with Gasteiger partial charge in [0.25, 0.3) is 0 Å². The van der Waals surface area contributed by atoms with Crippen LogP contribution in [0.1, 0.15) is 6.92 Å². The number of fused-ring (bicyclic) bond motifs is 1. The summed E-state index contributed by atoms with van der Waals surface area (Å²) in [5.41, 5.74) is 1.88. The van der Waals surface area contributed by atoms with E-state index in [-0.39, 0.29) is 0 Å². The predicted octanol–water partition coefficient (Wildman–Crippen LogP) is 1.65. The molecule has 1 aliphatic heterocycles. The number of thiocarbonyl (C=S) groups is 1. The molecular formula is C15H19N5S. The van der Waals surface area contributed by atoms with Crippen LogP contribution in [0.5, 0.6) is 0 Å². The van der Waals surface area contributed by atoms with Gasteiger partial charge in [-0.1, -0.05) is 12.1 Å². The molecule has 0 bridgehead atoms. The van der Waals surface area contributed by atoms with E-state index in [9.17, 15) is 0 Å². The van der Waals surface area contributed by atoms with Gasteiger partial charge in [-0.15, -0.1) is 0 Å². The largest absolute Gasteiger partial charge is 0.363 e. The topological polar surface area (TPSA) is 44.3 Å². The SMILES string of the molecule is CCNC(=S)N1CCN(c2cnc3ccccc3n2)CC1. The lowest BCUT2D eigenvalue weighted by Gasteiger charge is -2.36. The van der Waals surface area contributed by atoms with Gasteiger partial charge in [-0.25, -0.2) is 4.98 Å². The van der Waals surface area contributed by atoms with Crippen LogP contribution in [0.15, 0.2) is 30.5 Å². The summed E-state index contributed by atoms with van der Waals surface area (Å²) in [4.78, 5) is 13.7. The van der Waals surface area contributed by atoms with Gasteiger partial charge >= 0.3 is 0 Å². The van der Waals surface area contributed by atoms with Crippen LogP contribution < -0.4 is 10.2 Å². The summed E-state index contributed by atoms with van der Waals surface area (Å²) in [5.74, 6) is 0.947. The fourth-order valence-electron chi connectivity index (χ4n) is 2.50. The Labute approximate surface area is 130 Å². The van der Waals surface area contributed by atoms with E-state index in [0.717, 1.165) is 54.7 Å². The number of nitrogens with zero attached hydrogens (tertiary/aromatic N) is 4. The Morgan fingerprint density at radius 2 is 1.90 bits per heavy atom. The standard InChI is InChI=1S/C15H19N5S/c1-2-16-15(21)20-9-7-19(8-10-20)14-11-17-12-5-3-4-6-13(12)18-14/h3-6,11H,2,7-10H2,1H3,(H,16,21). The van der Waals surface area contributed by atoms with Crippen molar-refractivity contribution >= 4 is 34.2 Å². The second-order valence-corrected chi connectivity index (χ2v) is 5.41. The van der Waals surface area contributed by atoms with Crippen molar-refractivity contribution in [2.24, 2.45) is 0 Å². The molecule has 0 radical (unpaired) electrons. The molecule has 1 aliphatic rings. The Hall–Kier alpha value is -1.95. The van der Waals surface area contributed by atoms with E-state index in [1.165, 1.54) is 0 Å². The van der Waals surface area contributed by atoms with Crippen molar-refractivity contribution in [1.82, 2.24) is 20.2 Å². The molecule has 1 fully saturated rings. The molecule has 0 unspecified atom stereocenters. The summed E-state index contributed by atoms with van der Waals surface area (Å²) < 4.78 is 0.